The quantitative estimate of drug-likeness (QED) is 0.427. The fourth-order valence-corrected chi connectivity index (χ4v) is 4.80. The normalized spacial score (nSPS) is 18.6. The van der Waals surface area contributed by atoms with E-state index < -0.39 is 73.0 Å². The first-order valence-electron chi connectivity index (χ1n) is 12.4. The van der Waals surface area contributed by atoms with Crippen LogP contribution >= 0.6 is 0 Å². The molecule has 0 bridgehead atoms. The maximum Gasteiger partial charge on any atom is 0.416 e. The van der Waals surface area contributed by atoms with Crippen LogP contribution in [0, 0.1) is 23.0 Å². The van der Waals surface area contributed by atoms with Gasteiger partial charge in [0.2, 0.25) is 5.91 Å². The van der Waals surface area contributed by atoms with Gasteiger partial charge in [0.05, 0.1) is 11.6 Å². The molecule has 41 heavy (non-hydrogen) atoms. The Labute approximate surface area is 230 Å². The summed E-state index contributed by atoms with van der Waals surface area (Å²) in [6.45, 7) is -0.512. The number of cyclic esters (lactones) is 1. The number of alkyl halides is 2. The van der Waals surface area contributed by atoms with Crippen LogP contribution in [0.5, 0.6) is 0 Å². The molecular formula is C28H21F4N5O4. The van der Waals surface area contributed by atoms with Crippen LogP contribution in [0.25, 0.3) is 0 Å². The Morgan fingerprint density at radius 2 is 1.88 bits per heavy atom. The SMILES string of the molecule is N#Cc1ccnc(N2C(=O)OCC2C(=O)N(c2cccc(F)c2)C(C(=O)NC2CC(F)(F)C2)c2ccccc2F)c1. The van der Waals surface area contributed by atoms with E-state index in [1.807, 2.05) is 6.07 Å². The third kappa shape index (κ3) is 5.54. The molecule has 1 aromatic heterocycles. The Bertz CT molecular complexity index is 1550. The number of halogens is 4. The van der Waals surface area contributed by atoms with Crippen molar-refractivity contribution in [3.8, 4) is 6.07 Å². The summed E-state index contributed by atoms with van der Waals surface area (Å²) in [6, 6.07) is 9.96. The van der Waals surface area contributed by atoms with Gasteiger partial charge in [0.1, 0.15) is 30.1 Å². The molecule has 3 amide bonds. The van der Waals surface area contributed by atoms with Crippen molar-refractivity contribution in [3.63, 3.8) is 0 Å². The molecule has 2 aliphatic rings. The largest absolute Gasteiger partial charge is 0.446 e. The minimum Gasteiger partial charge on any atom is -0.446 e. The summed E-state index contributed by atoms with van der Waals surface area (Å²) in [5, 5.41) is 11.7. The highest BCUT2D eigenvalue weighted by molar-refractivity contribution is 6.09. The molecule has 0 spiro atoms. The number of nitriles is 1. The molecule has 13 heteroatoms. The van der Waals surface area contributed by atoms with Gasteiger partial charge in [-0.1, -0.05) is 24.3 Å². The average molecular weight is 567 g/mol. The Balaban J connectivity index is 1.61. The van der Waals surface area contributed by atoms with Gasteiger partial charge < -0.3 is 10.1 Å². The number of aromatic nitrogens is 1. The molecule has 1 saturated carbocycles. The smallest absolute Gasteiger partial charge is 0.416 e. The number of benzene rings is 2. The van der Waals surface area contributed by atoms with Gasteiger partial charge in [-0.05, 0) is 36.4 Å². The predicted molar refractivity (Wildman–Crippen MR) is 136 cm³/mol. The molecule has 2 fully saturated rings. The molecule has 2 aromatic carbocycles. The van der Waals surface area contributed by atoms with E-state index in [9.17, 15) is 32.8 Å². The summed E-state index contributed by atoms with van der Waals surface area (Å²) < 4.78 is 61.8. The van der Waals surface area contributed by atoms with Crippen molar-refractivity contribution in [2.45, 2.75) is 36.9 Å². The number of pyridine rings is 1. The lowest BCUT2D eigenvalue weighted by molar-refractivity contribution is -0.133. The maximum absolute atomic E-state index is 15.2. The highest BCUT2D eigenvalue weighted by Crippen LogP contribution is 2.39. The van der Waals surface area contributed by atoms with Gasteiger partial charge in [-0.2, -0.15) is 5.26 Å². The minimum atomic E-state index is -2.98. The van der Waals surface area contributed by atoms with Crippen LogP contribution in [0.3, 0.4) is 0 Å². The van der Waals surface area contributed by atoms with Crippen molar-refractivity contribution in [3.05, 3.63) is 89.6 Å². The zero-order valence-electron chi connectivity index (χ0n) is 21.1. The zero-order chi connectivity index (χ0) is 29.3. The van der Waals surface area contributed by atoms with Crippen molar-refractivity contribution >= 4 is 29.4 Å². The molecule has 0 radical (unpaired) electrons. The maximum atomic E-state index is 15.2. The second-order valence-electron chi connectivity index (χ2n) is 9.56. The van der Waals surface area contributed by atoms with Crippen molar-refractivity contribution in [1.82, 2.24) is 10.3 Å². The van der Waals surface area contributed by atoms with Gasteiger partial charge >= 0.3 is 6.09 Å². The summed E-state index contributed by atoms with van der Waals surface area (Å²) in [5.74, 6) is -6.73. The van der Waals surface area contributed by atoms with E-state index in [2.05, 4.69) is 10.3 Å². The molecule has 210 valence electrons. The molecule has 3 aromatic rings. The van der Waals surface area contributed by atoms with Crippen molar-refractivity contribution in [2.24, 2.45) is 0 Å². The number of carbonyl (C=O) groups is 3. The van der Waals surface area contributed by atoms with E-state index >= 15 is 4.39 Å². The predicted octanol–water partition coefficient (Wildman–Crippen LogP) is 4.25. The first-order chi connectivity index (χ1) is 19.6. The highest BCUT2D eigenvalue weighted by Gasteiger charge is 2.49. The van der Waals surface area contributed by atoms with Crippen LogP contribution in [0.15, 0.2) is 66.9 Å². The molecule has 2 atom stereocenters. The van der Waals surface area contributed by atoms with Crippen molar-refractivity contribution < 1.29 is 36.7 Å². The standard InChI is InChI=1S/C28H21F4N5O4/c29-17-4-3-5-19(11-17)36(26(39)22-15-41-27(40)37(22)23-10-16(14-33)8-9-34-23)24(20-6-1-2-7-21(20)30)25(38)35-18-12-28(31,32)13-18/h1-11,18,22,24H,12-13,15H2,(H,35,38). The third-order valence-electron chi connectivity index (χ3n) is 6.75. The molecule has 1 aliphatic carbocycles. The molecule has 1 aliphatic heterocycles. The van der Waals surface area contributed by atoms with Gasteiger partial charge in [0.25, 0.3) is 11.8 Å². The molecular weight excluding hydrogens is 546 g/mol. The van der Waals surface area contributed by atoms with Crippen LogP contribution < -0.4 is 15.1 Å². The second kappa shape index (κ2) is 10.9. The van der Waals surface area contributed by atoms with Crippen LogP contribution in [-0.2, 0) is 14.3 Å². The van der Waals surface area contributed by atoms with Gasteiger partial charge in [-0.25, -0.2) is 32.2 Å². The monoisotopic (exact) mass is 567 g/mol. The third-order valence-corrected chi connectivity index (χ3v) is 6.75. The molecule has 2 unspecified atom stereocenters. The Hall–Kier alpha value is -4.99. The number of nitrogens with one attached hydrogen (secondary N) is 1. The summed E-state index contributed by atoms with van der Waals surface area (Å²) in [7, 11) is 0. The summed E-state index contributed by atoms with van der Waals surface area (Å²) >= 11 is 0. The average Bonchev–Trinajstić information content (AvgIpc) is 3.32. The number of hydrogen-bond donors (Lipinski definition) is 1. The Morgan fingerprint density at radius 1 is 1.12 bits per heavy atom. The van der Waals surface area contributed by atoms with Crippen molar-refractivity contribution in [1.29, 1.82) is 5.26 Å². The number of hydrogen-bond acceptors (Lipinski definition) is 6. The lowest BCUT2D eigenvalue weighted by atomic mass is 9.87. The van der Waals surface area contributed by atoms with Gasteiger partial charge in [-0.3, -0.25) is 14.5 Å². The van der Waals surface area contributed by atoms with Crippen LogP contribution in [0.1, 0.15) is 30.0 Å². The van der Waals surface area contributed by atoms with Gasteiger partial charge in [0, 0.05) is 36.3 Å². The minimum absolute atomic E-state index is 0.104. The van der Waals surface area contributed by atoms with E-state index in [1.165, 1.54) is 48.7 Å². The molecule has 2 heterocycles. The first-order valence-corrected chi connectivity index (χ1v) is 12.4. The lowest BCUT2D eigenvalue weighted by Gasteiger charge is -2.38. The molecule has 9 nitrogen and oxygen atoms in total. The fraction of sp³-hybridized carbons (Fsp3) is 0.250. The summed E-state index contributed by atoms with van der Waals surface area (Å²) in [6.07, 6.45) is -1.02. The van der Waals surface area contributed by atoms with Crippen LogP contribution in [0.4, 0.5) is 33.9 Å². The zero-order valence-corrected chi connectivity index (χ0v) is 21.1. The molecule has 5 rings (SSSR count). The number of rotatable bonds is 7. The topological polar surface area (TPSA) is 116 Å². The fourth-order valence-electron chi connectivity index (χ4n) is 4.80. The molecule has 1 saturated heterocycles. The van der Waals surface area contributed by atoms with Crippen molar-refractivity contribution in [2.75, 3.05) is 16.4 Å². The van der Waals surface area contributed by atoms with E-state index in [-0.39, 0.29) is 22.6 Å². The van der Waals surface area contributed by atoms with E-state index in [4.69, 9.17) is 4.74 Å². The summed E-state index contributed by atoms with van der Waals surface area (Å²) in [4.78, 5) is 46.4. The number of anilines is 2. The molecule has 1 N–H and O–H groups in total. The highest BCUT2D eigenvalue weighted by atomic mass is 19.3. The van der Waals surface area contributed by atoms with E-state index in [0.717, 1.165) is 28.0 Å². The first kappa shape index (κ1) is 27.6. The van der Waals surface area contributed by atoms with Crippen LogP contribution in [0.2, 0.25) is 0 Å². The number of ether oxygens (including phenoxy) is 1. The van der Waals surface area contributed by atoms with Gasteiger partial charge in [-0.15, -0.1) is 0 Å². The number of amides is 3. The van der Waals surface area contributed by atoms with Gasteiger partial charge in [0.15, 0.2) is 6.04 Å². The number of carbonyl (C=O) groups excluding carboxylic acids is 3. The Morgan fingerprint density at radius 3 is 2.56 bits per heavy atom. The Kier molecular flexibility index (Phi) is 7.32. The number of nitrogens with zero attached hydrogens (tertiary/aromatic N) is 4. The second-order valence-corrected chi connectivity index (χ2v) is 9.56. The van der Waals surface area contributed by atoms with Crippen LogP contribution in [-0.4, -0.2) is 47.5 Å². The van der Waals surface area contributed by atoms with E-state index in [1.54, 1.807) is 0 Å². The lowest BCUT2D eigenvalue weighted by Crippen LogP contribution is -2.56. The van der Waals surface area contributed by atoms with E-state index in [0.29, 0.717) is 0 Å². The summed E-state index contributed by atoms with van der Waals surface area (Å²) in [5.41, 5.74) is -0.339.